The standard InChI is InChI=1S/C12H10Br2N2O2/c1-17-8-4-3-7(5-9(8)18-2)12-15-10(13)6-11(14)16-12/h3-6H,1-2H3. The van der Waals surface area contributed by atoms with Crippen LogP contribution in [0.2, 0.25) is 0 Å². The smallest absolute Gasteiger partial charge is 0.161 e. The SMILES string of the molecule is COc1ccc(-c2nc(Br)cc(Br)n2)cc1OC. The lowest BCUT2D eigenvalue weighted by atomic mass is 10.2. The van der Waals surface area contributed by atoms with Crippen LogP contribution in [-0.2, 0) is 0 Å². The van der Waals surface area contributed by atoms with Crippen molar-refractivity contribution >= 4 is 31.9 Å². The zero-order valence-electron chi connectivity index (χ0n) is 9.78. The lowest BCUT2D eigenvalue weighted by molar-refractivity contribution is 0.355. The summed E-state index contributed by atoms with van der Waals surface area (Å²) in [5, 5.41) is 0. The fourth-order valence-electron chi connectivity index (χ4n) is 1.49. The van der Waals surface area contributed by atoms with E-state index in [1.165, 1.54) is 0 Å². The molecule has 0 bridgehead atoms. The van der Waals surface area contributed by atoms with Crippen LogP contribution in [0.4, 0.5) is 0 Å². The van der Waals surface area contributed by atoms with Crippen LogP contribution in [0, 0.1) is 0 Å². The van der Waals surface area contributed by atoms with Crippen molar-refractivity contribution in [1.29, 1.82) is 0 Å². The number of methoxy groups -OCH3 is 2. The molecule has 0 spiro atoms. The van der Waals surface area contributed by atoms with Gasteiger partial charge in [0.25, 0.3) is 0 Å². The molecule has 0 aliphatic heterocycles. The van der Waals surface area contributed by atoms with Gasteiger partial charge in [-0.25, -0.2) is 9.97 Å². The molecular weight excluding hydrogens is 364 g/mol. The van der Waals surface area contributed by atoms with Gasteiger partial charge in [0.2, 0.25) is 0 Å². The first-order valence-electron chi connectivity index (χ1n) is 5.06. The van der Waals surface area contributed by atoms with Gasteiger partial charge in [0.15, 0.2) is 17.3 Å². The Morgan fingerprint density at radius 2 is 1.50 bits per heavy atom. The van der Waals surface area contributed by atoms with E-state index in [4.69, 9.17) is 9.47 Å². The predicted molar refractivity (Wildman–Crippen MR) is 76.0 cm³/mol. The van der Waals surface area contributed by atoms with Crippen LogP contribution in [0.5, 0.6) is 11.5 Å². The molecule has 0 amide bonds. The molecular formula is C12H10Br2N2O2. The third kappa shape index (κ3) is 2.81. The van der Waals surface area contributed by atoms with Crippen molar-refractivity contribution in [2.45, 2.75) is 0 Å². The van der Waals surface area contributed by atoms with Gasteiger partial charge in [-0.15, -0.1) is 0 Å². The number of aromatic nitrogens is 2. The number of benzene rings is 1. The number of halogens is 2. The van der Waals surface area contributed by atoms with Gasteiger partial charge in [0, 0.05) is 11.6 Å². The maximum Gasteiger partial charge on any atom is 0.161 e. The minimum absolute atomic E-state index is 0.609. The maximum atomic E-state index is 5.25. The highest BCUT2D eigenvalue weighted by Gasteiger charge is 2.09. The normalized spacial score (nSPS) is 10.2. The average Bonchev–Trinajstić information content (AvgIpc) is 2.36. The predicted octanol–water partition coefficient (Wildman–Crippen LogP) is 3.69. The summed E-state index contributed by atoms with van der Waals surface area (Å²) in [6.45, 7) is 0. The molecule has 0 saturated heterocycles. The summed E-state index contributed by atoms with van der Waals surface area (Å²) in [6.07, 6.45) is 0. The molecule has 1 aromatic carbocycles. The molecule has 94 valence electrons. The summed E-state index contributed by atoms with van der Waals surface area (Å²) in [5.41, 5.74) is 0.856. The summed E-state index contributed by atoms with van der Waals surface area (Å²) < 4.78 is 11.9. The van der Waals surface area contributed by atoms with Crippen LogP contribution < -0.4 is 9.47 Å². The van der Waals surface area contributed by atoms with E-state index in [0.29, 0.717) is 26.5 Å². The quantitative estimate of drug-likeness (QED) is 0.769. The first kappa shape index (κ1) is 13.3. The molecule has 18 heavy (non-hydrogen) atoms. The maximum absolute atomic E-state index is 5.25. The topological polar surface area (TPSA) is 44.2 Å². The number of ether oxygens (including phenoxy) is 2. The largest absolute Gasteiger partial charge is 0.493 e. The second-order valence-electron chi connectivity index (χ2n) is 3.41. The Bertz CT molecular complexity index is 556. The summed E-state index contributed by atoms with van der Waals surface area (Å²) in [5.74, 6) is 1.93. The van der Waals surface area contributed by atoms with Gasteiger partial charge in [-0.2, -0.15) is 0 Å². The highest BCUT2D eigenvalue weighted by molar-refractivity contribution is 9.11. The third-order valence-corrected chi connectivity index (χ3v) is 3.12. The molecule has 0 atom stereocenters. The Kier molecular flexibility index (Phi) is 4.19. The van der Waals surface area contributed by atoms with Crippen molar-refractivity contribution in [1.82, 2.24) is 9.97 Å². The first-order chi connectivity index (χ1) is 8.63. The molecule has 0 aliphatic rings. The fourth-order valence-corrected chi connectivity index (χ4v) is 2.57. The lowest BCUT2D eigenvalue weighted by Gasteiger charge is -2.09. The van der Waals surface area contributed by atoms with E-state index in [1.807, 2.05) is 18.2 Å². The Hall–Kier alpha value is -1.14. The average molecular weight is 374 g/mol. The van der Waals surface area contributed by atoms with Gasteiger partial charge in [-0.05, 0) is 50.1 Å². The van der Waals surface area contributed by atoms with Gasteiger partial charge < -0.3 is 9.47 Å². The van der Waals surface area contributed by atoms with E-state index in [9.17, 15) is 0 Å². The van der Waals surface area contributed by atoms with Crippen LogP contribution in [0.25, 0.3) is 11.4 Å². The van der Waals surface area contributed by atoms with E-state index < -0.39 is 0 Å². The number of nitrogens with zero attached hydrogens (tertiary/aromatic N) is 2. The molecule has 0 N–H and O–H groups in total. The van der Waals surface area contributed by atoms with E-state index in [2.05, 4.69) is 41.8 Å². The molecule has 0 radical (unpaired) electrons. The number of hydrogen-bond donors (Lipinski definition) is 0. The Morgan fingerprint density at radius 3 is 2.06 bits per heavy atom. The van der Waals surface area contributed by atoms with Gasteiger partial charge in [-0.1, -0.05) is 0 Å². The number of rotatable bonds is 3. The zero-order chi connectivity index (χ0) is 13.1. The van der Waals surface area contributed by atoms with Crippen LogP contribution in [0.3, 0.4) is 0 Å². The summed E-state index contributed by atoms with van der Waals surface area (Å²) in [4.78, 5) is 8.63. The molecule has 4 nitrogen and oxygen atoms in total. The van der Waals surface area contributed by atoms with Crippen LogP contribution >= 0.6 is 31.9 Å². The van der Waals surface area contributed by atoms with Crippen LogP contribution in [-0.4, -0.2) is 24.2 Å². The van der Waals surface area contributed by atoms with Gasteiger partial charge >= 0.3 is 0 Å². The summed E-state index contributed by atoms with van der Waals surface area (Å²) >= 11 is 6.67. The second kappa shape index (κ2) is 5.67. The van der Waals surface area contributed by atoms with Gasteiger partial charge in [0.05, 0.1) is 14.2 Å². The molecule has 0 saturated carbocycles. The Balaban J connectivity index is 2.50. The molecule has 6 heteroatoms. The van der Waals surface area contributed by atoms with Crippen molar-refractivity contribution in [2.24, 2.45) is 0 Å². The van der Waals surface area contributed by atoms with Crippen molar-refractivity contribution in [3.8, 4) is 22.9 Å². The Morgan fingerprint density at radius 1 is 0.889 bits per heavy atom. The molecule has 1 heterocycles. The van der Waals surface area contributed by atoms with Crippen molar-refractivity contribution in [3.05, 3.63) is 33.5 Å². The van der Waals surface area contributed by atoms with E-state index in [0.717, 1.165) is 5.56 Å². The molecule has 2 rings (SSSR count). The van der Waals surface area contributed by atoms with E-state index in [1.54, 1.807) is 20.3 Å². The monoisotopic (exact) mass is 372 g/mol. The highest BCUT2D eigenvalue weighted by atomic mass is 79.9. The lowest BCUT2D eigenvalue weighted by Crippen LogP contribution is -1.94. The summed E-state index contributed by atoms with van der Waals surface area (Å²) in [6, 6.07) is 7.33. The Labute approximate surface area is 122 Å². The van der Waals surface area contributed by atoms with E-state index in [-0.39, 0.29) is 0 Å². The fraction of sp³-hybridized carbons (Fsp3) is 0.167. The summed E-state index contributed by atoms with van der Waals surface area (Å²) in [7, 11) is 3.20. The zero-order valence-corrected chi connectivity index (χ0v) is 12.9. The highest BCUT2D eigenvalue weighted by Crippen LogP contribution is 2.31. The van der Waals surface area contributed by atoms with Gasteiger partial charge in [-0.3, -0.25) is 0 Å². The molecule has 2 aromatic rings. The number of hydrogen-bond acceptors (Lipinski definition) is 4. The molecule has 1 aromatic heterocycles. The van der Waals surface area contributed by atoms with Crippen molar-refractivity contribution in [3.63, 3.8) is 0 Å². The van der Waals surface area contributed by atoms with Gasteiger partial charge in [0.1, 0.15) is 9.21 Å². The molecule has 0 aliphatic carbocycles. The first-order valence-corrected chi connectivity index (χ1v) is 6.65. The minimum atomic E-state index is 0.609. The minimum Gasteiger partial charge on any atom is -0.493 e. The molecule has 0 fully saturated rings. The van der Waals surface area contributed by atoms with Crippen LogP contribution in [0.1, 0.15) is 0 Å². The second-order valence-corrected chi connectivity index (χ2v) is 5.03. The molecule has 0 unspecified atom stereocenters. The van der Waals surface area contributed by atoms with E-state index >= 15 is 0 Å². The van der Waals surface area contributed by atoms with Crippen LogP contribution in [0.15, 0.2) is 33.5 Å². The third-order valence-electron chi connectivity index (χ3n) is 2.31. The van der Waals surface area contributed by atoms with Crippen molar-refractivity contribution < 1.29 is 9.47 Å². The van der Waals surface area contributed by atoms with Crippen molar-refractivity contribution in [2.75, 3.05) is 14.2 Å².